The molecule has 3 rings (SSSR count). The van der Waals surface area contributed by atoms with Crippen LogP contribution in [0.4, 0.5) is 11.4 Å². The summed E-state index contributed by atoms with van der Waals surface area (Å²) in [6, 6.07) is 12.7. The molecule has 0 bridgehead atoms. The summed E-state index contributed by atoms with van der Waals surface area (Å²) in [5, 5.41) is 12.7. The largest absolute Gasteiger partial charge is 0.352 e. The van der Waals surface area contributed by atoms with Crippen molar-refractivity contribution in [2.24, 2.45) is 0 Å². The standard InChI is InChI=1S/C21H21ClN6O3/c1-14(28-13-23-12-25-28)20(30)27-18-8-6-17(7-9-18)26-19(29)10-11-24-21(31)15-2-4-16(22)5-3-15/h2-9,12-14H,10-11H2,1H3,(H,24,31)(H,26,29)(H,27,30). The van der Waals surface area contributed by atoms with Gasteiger partial charge in [-0.2, -0.15) is 5.10 Å². The van der Waals surface area contributed by atoms with Crippen LogP contribution >= 0.6 is 11.6 Å². The Balaban J connectivity index is 1.42. The molecule has 10 heteroatoms. The Morgan fingerprint density at radius 1 is 1.00 bits per heavy atom. The lowest BCUT2D eigenvalue weighted by molar-refractivity contribution is -0.119. The van der Waals surface area contributed by atoms with Crippen LogP contribution in [0.3, 0.4) is 0 Å². The molecule has 0 radical (unpaired) electrons. The average Bonchev–Trinajstić information content (AvgIpc) is 3.30. The molecule has 9 nitrogen and oxygen atoms in total. The normalized spacial score (nSPS) is 11.4. The van der Waals surface area contributed by atoms with E-state index in [2.05, 4.69) is 26.0 Å². The van der Waals surface area contributed by atoms with E-state index in [-0.39, 0.29) is 30.7 Å². The highest BCUT2D eigenvalue weighted by Gasteiger charge is 2.15. The first-order valence-electron chi connectivity index (χ1n) is 9.51. The molecule has 1 atom stereocenters. The van der Waals surface area contributed by atoms with Gasteiger partial charge in [-0.1, -0.05) is 11.6 Å². The van der Waals surface area contributed by atoms with Crippen molar-refractivity contribution in [3.8, 4) is 0 Å². The highest BCUT2D eigenvalue weighted by molar-refractivity contribution is 6.30. The minimum Gasteiger partial charge on any atom is -0.352 e. The number of hydrogen-bond acceptors (Lipinski definition) is 5. The van der Waals surface area contributed by atoms with Crippen molar-refractivity contribution in [3.63, 3.8) is 0 Å². The molecule has 0 fully saturated rings. The van der Waals surface area contributed by atoms with Crippen LogP contribution in [-0.2, 0) is 9.59 Å². The summed E-state index contributed by atoms with van der Waals surface area (Å²) >= 11 is 5.80. The molecular formula is C21H21ClN6O3. The van der Waals surface area contributed by atoms with Crippen LogP contribution in [0.5, 0.6) is 0 Å². The first kappa shape index (κ1) is 22.0. The number of amides is 3. The van der Waals surface area contributed by atoms with Gasteiger partial charge in [0.1, 0.15) is 18.7 Å². The van der Waals surface area contributed by atoms with Crippen LogP contribution in [-0.4, -0.2) is 39.0 Å². The summed E-state index contributed by atoms with van der Waals surface area (Å²) in [6.45, 7) is 1.91. The van der Waals surface area contributed by atoms with Gasteiger partial charge in [0.25, 0.3) is 5.91 Å². The number of benzene rings is 2. The number of nitrogens with one attached hydrogen (secondary N) is 3. The second kappa shape index (κ2) is 10.4. The molecule has 1 unspecified atom stereocenters. The first-order valence-corrected chi connectivity index (χ1v) is 9.89. The minimum atomic E-state index is -0.509. The van der Waals surface area contributed by atoms with E-state index in [0.29, 0.717) is 22.0 Å². The number of aromatic nitrogens is 3. The quantitative estimate of drug-likeness (QED) is 0.497. The van der Waals surface area contributed by atoms with Gasteiger partial charge >= 0.3 is 0 Å². The molecule has 160 valence electrons. The molecule has 0 aliphatic rings. The van der Waals surface area contributed by atoms with E-state index in [1.54, 1.807) is 55.5 Å². The van der Waals surface area contributed by atoms with Gasteiger partial charge in [0.15, 0.2) is 0 Å². The Labute approximate surface area is 183 Å². The van der Waals surface area contributed by atoms with E-state index in [0.717, 1.165) is 0 Å². The third-order valence-corrected chi connectivity index (χ3v) is 4.65. The highest BCUT2D eigenvalue weighted by atomic mass is 35.5. The van der Waals surface area contributed by atoms with Crippen LogP contribution in [0.1, 0.15) is 29.7 Å². The molecule has 3 N–H and O–H groups in total. The molecule has 1 aromatic heterocycles. The van der Waals surface area contributed by atoms with Crippen molar-refractivity contribution in [2.75, 3.05) is 17.2 Å². The molecule has 1 heterocycles. The van der Waals surface area contributed by atoms with Crippen LogP contribution in [0.15, 0.2) is 61.2 Å². The van der Waals surface area contributed by atoms with Crippen LogP contribution in [0.25, 0.3) is 0 Å². The van der Waals surface area contributed by atoms with Crippen molar-refractivity contribution >= 4 is 40.7 Å². The van der Waals surface area contributed by atoms with Gasteiger partial charge in [0.05, 0.1) is 0 Å². The number of rotatable bonds is 8. The Bertz CT molecular complexity index is 1040. The Kier molecular flexibility index (Phi) is 7.34. The molecule has 0 spiro atoms. The molecule has 3 aromatic rings. The zero-order chi connectivity index (χ0) is 22.2. The number of carbonyl (C=O) groups excluding carboxylic acids is 3. The zero-order valence-corrected chi connectivity index (χ0v) is 17.5. The molecular weight excluding hydrogens is 420 g/mol. The minimum absolute atomic E-state index is 0.118. The van der Waals surface area contributed by atoms with Crippen molar-refractivity contribution < 1.29 is 14.4 Å². The lowest BCUT2D eigenvalue weighted by atomic mass is 10.2. The van der Waals surface area contributed by atoms with Crippen LogP contribution in [0, 0.1) is 0 Å². The maximum atomic E-state index is 12.3. The summed E-state index contributed by atoms with van der Waals surface area (Å²) in [5.41, 5.74) is 1.64. The highest BCUT2D eigenvalue weighted by Crippen LogP contribution is 2.15. The lowest BCUT2D eigenvalue weighted by Gasteiger charge is -2.12. The van der Waals surface area contributed by atoms with Gasteiger partial charge in [-0.05, 0) is 55.5 Å². The smallest absolute Gasteiger partial charge is 0.251 e. The number of halogens is 1. The van der Waals surface area contributed by atoms with Gasteiger partial charge in [-0.25, -0.2) is 9.67 Å². The summed E-state index contributed by atoms with van der Waals surface area (Å²) in [5.74, 6) is -0.753. The first-order chi connectivity index (χ1) is 14.9. The SMILES string of the molecule is CC(C(=O)Nc1ccc(NC(=O)CCNC(=O)c2ccc(Cl)cc2)cc1)n1cncn1. The fourth-order valence-electron chi connectivity index (χ4n) is 2.64. The van der Waals surface area contributed by atoms with Gasteiger partial charge in [0.2, 0.25) is 11.8 Å². The van der Waals surface area contributed by atoms with Crippen molar-refractivity contribution in [2.45, 2.75) is 19.4 Å². The zero-order valence-electron chi connectivity index (χ0n) is 16.7. The van der Waals surface area contributed by atoms with Crippen LogP contribution < -0.4 is 16.0 Å². The number of hydrogen-bond donors (Lipinski definition) is 3. The van der Waals surface area contributed by atoms with E-state index in [9.17, 15) is 14.4 Å². The number of nitrogens with zero attached hydrogens (tertiary/aromatic N) is 3. The number of anilines is 2. The molecule has 3 amide bonds. The van der Waals surface area contributed by atoms with E-state index >= 15 is 0 Å². The number of carbonyl (C=O) groups is 3. The predicted molar refractivity (Wildman–Crippen MR) is 117 cm³/mol. The molecule has 31 heavy (non-hydrogen) atoms. The molecule has 0 saturated carbocycles. The summed E-state index contributed by atoms with van der Waals surface area (Å²) < 4.78 is 1.45. The van der Waals surface area contributed by atoms with Crippen molar-refractivity contribution in [1.82, 2.24) is 20.1 Å². The van der Waals surface area contributed by atoms with E-state index in [1.165, 1.54) is 17.3 Å². The summed E-state index contributed by atoms with van der Waals surface area (Å²) in [7, 11) is 0. The maximum Gasteiger partial charge on any atom is 0.251 e. The van der Waals surface area contributed by atoms with Gasteiger partial charge in [-0.3, -0.25) is 14.4 Å². The molecule has 0 aliphatic carbocycles. The van der Waals surface area contributed by atoms with Gasteiger partial charge < -0.3 is 16.0 Å². The third kappa shape index (κ3) is 6.38. The monoisotopic (exact) mass is 440 g/mol. The Morgan fingerprint density at radius 2 is 1.65 bits per heavy atom. The fourth-order valence-corrected chi connectivity index (χ4v) is 2.76. The Hall–Kier alpha value is -3.72. The van der Waals surface area contributed by atoms with Gasteiger partial charge in [-0.15, -0.1) is 0 Å². The van der Waals surface area contributed by atoms with E-state index in [1.807, 2.05) is 0 Å². The second-order valence-electron chi connectivity index (χ2n) is 6.68. The molecule has 0 saturated heterocycles. The predicted octanol–water partition coefficient (Wildman–Crippen LogP) is 2.89. The van der Waals surface area contributed by atoms with Gasteiger partial charge in [0, 0.05) is 34.9 Å². The topological polar surface area (TPSA) is 118 Å². The van der Waals surface area contributed by atoms with E-state index < -0.39 is 6.04 Å². The molecule has 2 aromatic carbocycles. The van der Waals surface area contributed by atoms with Crippen LogP contribution in [0.2, 0.25) is 5.02 Å². The van der Waals surface area contributed by atoms with E-state index in [4.69, 9.17) is 11.6 Å². The van der Waals surface area contributed by atoms with Crippen molar-refractivity contribution in [3.05, 3.63) is 71.8 Å². The third-order valence-electron chi connectivity index (χ3n) is 4.39. The van der Waals surface area contributed by atoms with Crippen molar-refractivity contribution in [1.29, 1.82) is 0 Å². The second-order valence-corrected chi connectivity index (χ2v) is 7.12. The summed E-state index contributed by atoms with van der Waals surface area (Å²) in [6.07, 6.45) is 2.96. The maximum absolute atomic E-state index is 12.3. The fraction of sp³-hybridized carbons (Fsp3) is 0.190. The average molecular weight is 441 g/mol. The Morgan fingerprint density at radius 3 is 2.26 bits per heavy atom. The lowest BCUT2D eigenvalue weighted by Crippen LogP contribution is -2.27. The molecule has 0 aliphatic heterocycles. The summed E-state index contributed by atoms with van der Waals surface area (Å²) in [4.78, 5) is 40.2.